The zero-order valence-electron chi connectivity index (χ0n) is 9.58. The molecule has 1 rings (SSSR count). The van der Waals surface area contributed by atoms with Gasteiger partial charge in [-0.2, -0.15) is 0 Å². The van der Waals surface area contributed by atoms with Gasteiger partial charge in [-0.15, -0.1) is 0 Å². The number of rotatable bonds is 5. The Morgan fingerprint density at radius 3 is 3.07 bits per heavy atom. The van der Waals surface area contributed by atoms with E-state index in [1.54, 1.807) is 0 Å². The zero-order chi connectivity index (χ0) is 11.1. The minimum atomic E-state index is -0.0325. The fourth-order valence-corrected chi connectivity index (χ4v) is 2.03. The molecule has 2 N–H and O–H groups in total. The SMILES string of the molecule is CCOC(=O)[C@@H]1CCCN(CCCN)C1. The number of carbonyl (C=O) groups is 1. The van der Waals surface area contributed by atoms with Crippen molar-refractivity contribution >= 4 is 5.97 Å². The van der Waals surface area contributed by atoms with Crippen LogP contribution in [0.4, 0.5) is 0 Å². The van der Waals surface area contributed by atoms with Gasteiger partial charge in [0.05, 0.1) is 12.5 Å². The van der Waals surface area contributed by atoms with Gasteiger partial charge in [0.1, 0.15) is 0 Å². The summed E-state index contributed by atoms with van der Waals surface area (Å²) >= 11 is 0. The molecule has 0 amide bonds. The summed E-state index contributed by atoms with van der Waals surface area (Å²) in [4.78, 5) is 13.9. The van der Waals surface area contributed by atoms with Crippen molar-refractivity contribution in [3.05, 3.63) is 0 Å². The summed E-state index contributed by atoms with van der Waals surface area (Å²) in [6.45, 7) is 6.01. The predicted octanol–water partition coefficient (Wildman–Crippen LogP) is 0.610. The molecule has 0 radical (unpaired) electrons. The summed E-state index contributed by atoms with van der Waals surface area (Å²) in [6, 6.07) is 0. The van der Waals surface area contributed by atoms with Gasteiger partial charge in [-0.1, -0.05) is 0 Å². The van der Waals surface area contributed by atoms with Crippen LogP contribution in [0.2, 0.25) is 0 Å². The molecule has 0 aromatic carbocycles. The van der Waals surface area contributed by atoms with Crippen molar-refractivity contribution < 1.29 is 9.53 Å². The minimum Gasteiger partial charge on any atom is -0.466 e. The summed E-state index contributed by atoms with van der Waals surface area (Å²) in [6.07, 6.45) is 3.07. The first-order valence-electron chi connectivity index (χ1n) is 5.87. The quantitative estimate of drug-likeness (QED) is 0.681. The van der Waals surface area contributed by atoms with Crippen molar-refractivity contribution in [2.75, 3.05) is 32.8 Å². The summed E-state index contributed by atoms with van der Waals surface area (Å²) in [5, 5.41) is 0. The van der Waals surface area contributed by atoms with Crippen LogP contribution < -0.4 is 5.73 Å². The number of hydrogen-bond acceptors (Lipinski definition) is 4. The van der Waals surface area contributed by atoms with Gasteiger partial charge in [0.15, 0.2) is 0 Å². The molecule has 0 aromatic heterocycles. The number of hydrogen-bond donors (Lipinski definition) is 1. The normalized spacial score (nSPS) is 22.7. The van der Waals surface area contributed by atoms with Gasteiger partial charge in [-0.25, -0.2) is 0 Å². The highest BCUT2D eigenvalue weighted by molar-refractivity contribution is 5.72. The number of carbonyl (C=O) groups excluding carboxylic acids is 1. The highest BCUT2D eigenvalue weighted by Gasteiger charge is 2.26. The number of nitrogens with zero attached hydrogens (tertiary/aromatic N) is 1. The monoisotopic (exact) mass is 214 g/mol. The average molecular weight is 214 g/mol. The number of likely N-dealkylation sites (tertiary alicyclic amines) is 1. The lowest BCUT2D eigenvalue weighted by Crippen LogP contribution is -2.40. The molecule has 1 saturated heterocycles. The van der Waals surface area contributed by atoms with E-state index >= 15 is 0 Å². The van der Waals surface area contributed by atoms with Gasteiger partial charge < -0.3 is 15.4 Å². The standard InChI is InChI=1S/C11H22N2O2/c1-2-15-11(14)10-5-3-7-13(9-10)8-4-6-12/h10H,2-9,12H2,1H3/t10-/m1/s1. The van der Waals surface area contributed by atoms with E-state index in [0.29, 0.717) is 6.61 Å². The van der Waals surface area contributed by atoms with Gasteiger partial charge in [-0.3, -0.25) is 4.79 Å². The van der Waals surface area contributed by atoms with Crippen LogP contribution in [0, 0.1) is 5.92 Å². The molecule has 1 fully saturated rings. The van der Waals surface area contributed by atoms with E-state index < -0.39 is 0 Å². The molecule has 0 saturated carbocycles. The van der Waals surface area contributed by atoms with Crippen molar-refractivity contribution in [2.24, 2.45) is 11.7 Å². The molecule has 4 heteroatoms. The van der Waals surface area contributed by atoms with Gasteiger partial charge in [0, 0.05) is 6.54 Å². The van der Waals surface area contributed by atoms with Crippen molar-refractivity contribution in [3.8, 4) is 0 Å². The Morgan fingerprint density at radius 1 is 1.60 bits per heavy atom. The molecule has 0 bridgehead atoms. The number of nitrogens with two attached hydrogens (primary N) is 1. The maximum absolute atomic E-state index is 11.5. The third-order valence-corrected chi connectivity index (χ3v) is 2.80. The maximum atomic E-state index is 11.5. The van der Waals surface area contributed by atoms with Crippen LogP contribution in [0.3, 0.4) is 0 Å². The Balaban J connectivity index is 2.31. The Kier molecular flexibility index (Phi) is 5.65. The Morgan fingerprint density at radius 2 is 2.40 bits per heavy atom. The van der Waals surface area contributed by atoms with Crippen LogP contribution in [-0.2, 0) is 9.53 Å². The first-order chi connectivity index (χ1) is 7.27. The number of esters is 1. The zero-order valence-corrected chi connectivity index (χ0v) is 9.58. The lowest BCUT2D eigenvalue weighted by molar-refractivity contribution is -0.149. The topological polar surface area (TPSA) is 55.6 Å². The summed E-state index contributed by atoms with van der Waals surface area (Å²) in [5.74, 6) is 0.0476. The summed E-state index contributed by atoms with van der Waals surface area (Å²) < 4.78 is 5.04. The van der Waals surface area contributed by atoms with Crippen LogP contribution in [0.15, 0.2) is 0 Å². The van der Waals surface area contributed by atoms with Gasteiger partial charge in [-0.05, 0) is 45.8 Å². The molecule has 88 valence electrons. The van der Waals surface area contributed by atoms with Gasteiger partial charge in [0.25, 0.3) is 0 Å². The van der Waals surface area contributed by atoms with Crippen LogP contribution >= 0.6 is 0 Å². The molecule has 1 atom stereocenters. The fourth-order valence-electron chi connectivity index (χ4n) is 2.03. The second-order valence-corrected chi connectivity index (χ2v) is 4.03. The molecule has 15 heavy (non-hydrogen) atoms. The number of piperidine rings is 1. The van der Waals surface area contributed by atoms with Crippen LogP contribution in [0.1, 0.15) is 26.2 Å². The maximum Gasteiger partial charge on any atom is 0.310 e. The first-order valence-corrected chi connectivity index (χ1v) is 5.87. The molecule has 1 heterocycles. The Bertz CT molecular complexity index is 197. The van der Waals surface area contributed by atoms with Crippen molar-refractivity contribution in [3.63, 3.8) is 0 Å². The smallest absolute Gasteiger partial charge is 0.310 e. The lowest BCUT2D eigenvalue weighted by Gasteiger charge is -2.31. The van der Waals surface area contributed by atoms with Crippen molar-refractivity contribution in [1.82, 2.24) is 4.90 Å². The van der Waals surface area contributed by atoms with Gasteiger partial charge >= 0.3 is 5.97 Å². The molecular formula is C11H22N2O2. The van der Waals surface area contributed by atoms with E-state index in [0.717, 1.165) is 45.4 Å². The van der Waals surface area contributed by atoms with Crippen LogP contribution in [-0.4, -0.2) is 43.7 Å². The largest absolute Gasteiger partial charge is 0.466 e. The molecule has 0 spiro atoms. The fraction of sp³-hybridized carbons (Fsp3) is 0.909. The van der Waals surface area contributed by atoms with E-state index in [-0.39, 0.29) is 11.9 Å². The second kappa shape index (κ2) is 6.80. The third kappa shape index (κ3) is 4.18. The van der Waals surface area contributed by atoms with E-state index in [1.165, 1.54) is 0 Å². The molecule has 4 nitrogen and oxygen atoms in total. The van der Waals surface area contributed by atoms with Gasteiger partial charge in [0.2, 0.25) is 0 Å². The van der Waals surface area contributed by atoms with Crippen LogP contribution in [0.5, 0.6) is 0 Å². The van der Waals surface area contributed by atoms with E-state index in [1.807, 2.05) is 6.92 Å². The first kappa shape index (κ1) is 12.5. The third-order valence-electron chi connectivity index (χ3n) is 2.80. The summed E-state index contributed by atoms with van der Waals surface area (Å²) in [7, 11) is 0. The predicted molar refractivity (Wildman–Crippen MR) is 59.5 cm³/mol. The van der Waals surface area contributed by atoms with E-state index in [2.05, 4.69) is 4.90 Å². The molecular weight excluding hydrogens is 192 g/mol. The molecule has 0 aliphatic carbocycles. The lowest BCUT2D eigenvalue weighted by atomic mass is 9.98. The van der Waals surface area contributed by atoms with Crippen molar-refractivity contribution in [2.45, 2.75) is 26.2 Å². The average Bonchev–Trinajstić information content (AvgIpc) is 2.27. The molecule has 0 unspecified atom stereocenters. The molecule has 0 aromatic rings. The molecule has 1 aliphatic heterocycles. The van der Waals surface area contributed by atoms with E-state index in [9.17, 15) is 4.79 Å². The Labute approximate surface area is 91.8 Å². The summed E-state index contributed by atoms with van der Waals surface area (Å²) in [5.41, 5.74) is 5.47. The molecule has 1 aliphatic rings. The highest BCUT2D eigenvalue weighted by Crippen LogP contribution is 2.17. The van der Waals surface area contributed by atoms with Crippen molar-refractivity contribution in [1.29, 1.82) is 0 Å². The highest BCUT2D eigenvalue weighted by atomic mass is 16.5. The van der Waals surface area contributed by atoms with E-state index in [4.69, 9.17) is 10.5 Å². The second-order valence-electron chi connectivity index (χ2n) is 4.03. The minimum absolute atomic E-state index is 0.0325. The number of ether oxygens (including phenoxy) is 1. The Hall–Kier alpha value is -0.610. The van der Waals surface area contributed by atoms with Crippen LogP contribution in [0.25, 0.3) is 0 Å².